The van der Waals surface area contributed by atoms with Gasteiger partial charge in [-0.3, -0.25) is 4.79 Å². The Bertz CT molecular complexity index is 418. The molecule has 0 radical (unpaired) electrons. The number of halogens is 2. The highest BCUT2D eigenvalue weighted by Crippen LogP contribution is 2.28. The van der Waals surface area contributed by atoms with Gasteiger partial charge in [0.1, 0.15) is 17.4 Å². The van der Waals surface area contributed by atoms with E-state index in [4.69, 9.17) is 9.84 Å². The Labute approximate surface area is 98.0 Å². The first-order valence-corrected chi connectivity index (χ1v) is 5.03. The third-order valence-electron chi connectivity index (χ3n) is 2.55. The van der Waals surface area contributed by atoms with Crippen molar-refractivity contribution in [1.29, 1.82) is 0 Å². The third kappa shape index (κ3) is 2.93. The number of hydrogen-bond acceptors (Lipinski definition) is 2. The van der Waals surface area contributed by atoms with Crippen molar-refractivity contribution in [1.82, 2.24) is 0 Å². The van der Waals surface area contributed by atoms with Gasteiger partial charge in [0, 0.05) is 17.7 Å². The number of hydrogen-bond donors (Lipinski definition) is 1. The van der Waals surface area contributed by atoms with E-state index in [1.807, 2.05) is 0 Å². The fourth-order valence-corrected chi connectivity index (χ4v) is 1.38. The second-order valence-corrected chi connectivity index (χ2v) is 4.44. The molecule has 0 fully saturated rings. The summed E-state index contributed by atoms with van der Waals surface area (Å²) < 4.78 is 31.9. The van der Waals surface area contributed by atoms with Gasteiger partial charge in [-0.1, -0.05) is 0 Å². The lowest BCUT2D eigenvalue weighted by atomic mass is 9.85. The number of ether oxygens (including phenoxy) is 1. The minimum Gasteiger partial charge on any atom is -0.497 e. The van der Waals surface area contributed by atoms with Crippen LogP contribution in [0, 0.1) is 17.0 Å². The summed E-state index contributed by atoms with van der Waals surface area (Å²) >= 11 is 0. The van der Waals surface area contributed by atoms with Crippen LogP contribution in [0.5, 0.6) is 5.75 Å². The number of carbonyl (C=O) groups is 1. The quantitative estimate of drug-likeness (QED) is 0.885. The molecular formula is C12H14F2O3. The number of carboxylic acids is 1. The molecule has 0 spiro atoms. The Morgan fingerprint density at radius 3 is 2.18 bits per heavy atom. The van der Waals surface area contributed by atoms with E-state index < -0.39 is 23.0 Å². The summed E-state index contributed by atoms with van der Waals surface area (Å²) in [5.74, 6) is -2.63. The van der Waals surface area contributed by atoms with Crippen molar-refractivity contribution < 1.29 is 23.4 Å². The fraction of sp³-hybridized carbons (Fsp3) is 0.417. The minimum atomic E-state index is -1.23. The van der Waals surface area contributed by atoms with Crippen molar-refractivity contribution in [3.63, 3.8) is 0 Å². The number of rotatable bonds is 4. The van der Waals surface area contributed by atoms with E-state index in [2.05, 4.69) is 0 Å². The van der Waals surface area contributed by atoms with Crippen LogP contribution in [0.3, 0.4) is 0 Å². The zero-order chi connectivity index (χ0) is 13.2. The Hall–Kier alpha value is -1.65. The van der Waals surface area contributed by atoms with Gasteiger partial charge in [0.15, 0.2) is 0 Å². The molecule has 0 bridgehead atoms. The largest absolute Gasteiger partial charge is 0.497 e. The van der Waals surface area contributed by atoms with Crippen LogP contribution < -0.4 is 4.74 Å². The molecule has 94 valence electrons. The topological polar surface area (TPSA) is 46.5 Å². The van der Waals surface area contributed by atoms with Crippen LogP contribution in [0.25, 0.3) is 0 Å². The van der Waals surface area contributed by atoms with Gasteiger partial charge in [0.05, 0.1) is 12.5 Å². The van der Waals surface area contributed by atoms with Gasteiger partial charge in [-0.05, 0) is 20.3 Å². The Morgan fingerprint density at radius 1 is 1.35 bits per heavy atom. The second-order valence-electron chi connectivity index (χ2n) is 4.44. The van der Waals surface area contributed by atoms with E-state index in [1.54, 1.807) is 0 Å². The average molecular weight is 244 g/mol. The van der Waals surface area contributed by atoms with Crippen molar-refractivity contribution in [3.05, 3.63) is 29.3 Å². The van der Waals surface area contributed by atoms with Crippen molar-refractivity contribution in [3.8, 4) is 5.75 Å². The smallest absolute Gasteiger partial charge is 0.309 e. The SMILES string of the molecule is COc1cc(F)c(CC(C)(C)C(=O)O)c(F)c1. The lowest BCUT2D eigenvalue weighted by molar-refractivity contribution is -0.146. The van der Waals surface area contributed by atoms with Gasteiger partial charge in [0.25, 0.3) is 0 Å². The normalized spacial score (nSPS) is 11.4. The van der Waals surface area contributed by atoms with E-state index in [-0.39, 0.29) is 17.7 Å². The van der Waals surface area contributed by atoms with Crippen LogP contribution in [0.1, 0.15) is 19.4 Å². The van der Waals surface area contributed by atoms with Crippen molar-refractivity contribution in [2.45, 2.75) is 20.3 Å². The second kappa shape index (κ2) is 4.69. The lowest BCUT2D eigenvalue weighted by Gasteiger charge is -2.19. The Morgan fingerprint density at radius 2 is 1.82 bits per heavy atom. The molecular weight excluding hydrogens is 230 g/mol. The molecule has 0 aliphatic heterocycles. The van der Waals surface area contributed by atoms with E-state index >= 15 is 0 Å². The maximum atomic E-state index is 13.6. The number of benzene rings is 1. The molecule has 0 aliphatic rings. The highest BCUT2D eigenvalue weighted by atomic mass is 19.1. The zero-order valence-electron chi connectivity index (χ0n) is 9.88. The molecule has 0 saturated carbocycles. The molecule has 1 N–H and O–H groups in total. The number of carboxylic acid groups (broad SMARTS) is 1. The third-order valence-corrected chi connectivity index (χ3v) is 2.55. The van der Waals surface area contributed by atoms with E-state index in [0.717, 1.165) is 12.1 Å². The van der Waals surface area contributed by atoms with Gasteiger partial charge in [-0.15, -0.1) is 0 Å². The molecule has 0 atom stereocenters. The first-order valence-electron chi connectivity index (χ1n) is 5.03. The summed E-state index contributed by atoms with van der Waals surface area (Å²) in [4.78, 5) is 10.9. The summed E-state index contributed by atoms with van der Waals surface area (Å²) in [7, 11) is 1.30. The van der Waals surface area contributed by atoms with Crippen molar-refractivity contribution in [2.24, 2.45) is 5.41 Å². The zero-order valence-corrected chi connectivity index (χ0v) is 9.88. The van der Waals surface area contributed by atoms with Crippen LogP contribution in [0.15, 0.2) is 12.1 Å². The standard InChI is InChI=1S/C12H14F2O3/c1-12(2,11(15)16)6-8-9(13)4-7(17-3)5-10(8)14/h4-5H,6H2,1-3H3,(H,15,16). The molecule has 5 heteroatoms. The van der Waals surface area contributed by atoms with Crippen LogP contribution in [-0.2, 0) is 11.2 Å². The molecule has 17 heavy (non-hydrogen) atoms. The van der Waals surface area contributed by atoms with Gasteiger partial charge in [-0.25, -0.2) is 8.78 Å². The minimum absolute atomic E-state index is 0.0666. The predicted molar refractivity (Wildman–Crippen MR) is 58.0 cm³/mol. The van der Waals surface area contributed by atoms with Crippen LogP contribution in [0.4, 0.5) is 8.78 Å². The van der Waals surface area contributed by atoms with Crippen LogP contribution >= 0.6 is 0 Å². The molecule has 3 nitrogen and oxygen atoms in total. The molecule has 0 amide bonds. The highest BCUT2D eigenvalue weighted by molar-refractivity contribution is 5.74. The maximum Gasteiger partial charge on any atom is 0.309 e. The van der Waals surface area contributed by atoms with Crippen molar-refractivity contribution in [2.75, 3.05) is 7.11 Å². The Balaban J connectivity index is 3.12. The van der Waals surface area contributed by atoms with Gasteiger partial charge in [0.2, 0.25) is 0 Å². The Kier molecular flexibility index (Phi) is 3.70. The fourth-order valence-electron chi connectivity index (χ4n) is 1.38. The summed E-state index contributed by atoms with van der Waals surface area (Å²) in [6.07, 6.45) is -0.218. The summed E-state index contributed by atoms with van der Waals surface area (Å²) in [5, 5.41) is 8.92. The summed E-state index contributed by atoms with van der Waals surface area (Å²) in [5.41, 5.74) is -1.46. The predicted octanol–water partition coefficient (Wildman–Crippen LogP) is 2.63. The van der Waals surface area contributed by atoms with Crippen molar-refractivity contribution >= 4 is 5.97 Å². The molecule has 0 saturated heterocycles. The molecule has 0 unspecified atom stereocenters. The van der Waals surface area contributed by atoms with Gasteiger partial charge >= 0.3 is 5.97 Å². The first kappa shape index (κ1) is 13.4. The monoisotopic (exact) mass is 244 g/mol. The van der Waals surface area contributed by atoms with E-state index in [0.29, 0.717) is 0 Å². The molecule has 1 rings (SSSR count). The molecule has 0 aliphatic carbocycles. The van der Waals surface area contributed by atoms with E-state index in [9.17, 15) is 13.6 Å². The molecule has 1 aromatic carbocycles. The summed E-state index contributed by atoms with van der Waals surface area (Å²) in [6, 6.07) is 2.08. The maximum absolute atomic E-state index is 13.6. The number of methoxy groups -OCH3 is 1. The molecule has 1 aromatic rings. The molecule has 0 aromatic heterocycles. The summed E-state index contributed by atoms with van der Waals surface area (Å²) in [6.45, 7) is 2.83. The van der Waals surface area contributed by atoms with Gasteiger partial charge in [-0.2, -0.15) is 0 Å². The van der Waals surface area contributed by atoms with E-state index in [1.165, 1.54) is 21.0 Å². The number of aliphatic carboxylic acids is 1. The highest BCUT2D eigenvalue weighted by Gasteiger charge is 2.30. The van der Waals surface area contributed by atoms with Crippen LogP contribution in [-0.4, -0.2) is 18.2 Å². The first-order chi connectivity index (χ1) is 7.77. The average Bonchev–Trinajstić information content (AvgIpc) is 2.22. The van der Waals surface area contributed by atoms with Gasteiger partial charge < -0.3 is 9.84 Å². The molecule has 0 heterocycles. The van der Waals surface area contributed by atoms with Crippen LogP contribution in [0.2, 0.25) is 0 Å². The lowest BCUT2D eigenvalue weighted by Crippen LogP contribution is -2.27.